The fourth-order valence-electron chi connectivity index (χ4n) is 4.40. The van der Waals surface area contributed by atoms with E-state index in [0.717, 1.165) is 12.0 Å². The normalized spacial score (nSPS) is 15.5. The van der Waals surface area contributed by atoms with Gasteiger partial charge in [0.15, 0.2) is 0 Å². The van der Waals surface area contributed by atoms with Crippen LogP contribution >= 0.6 is 11.6 Å². The van der Waals surface area contributed by atoms with Crippen molar-refractivity contribution >= 4 is 37.3 Å². The Bertz CT molecular complexity index is 1400. The molecule has 0 aromatic heterocycles. The molecule has 0 N–H and O–H groups in total. The van der Waals surface area contributed by atoms with E-state index in [1.54, 1.807) is 61.7 Å². The number of nitrogens with zero attached hydrogens (tertiary/aromatic N) is 2. The van der Waals surface area contributed by atoms with Crippen molar-refractivity contribution in [1.29, 1.82) is 0 Å². The van der Waals surface area contributed by atoms with Crippen LogP contribution in [0.5, 0.6) is 5.75 Å². The van der Waals surface area contributed by atoms with Gasteiger partial charge in [-0.2, -0.15) is 4.31 Å². The van der Waals surface area contributed by atoms with Crippen molar-refractivity contribution in [2.45, 2.75) is 42.0 Å². The average molecular weight is 549 g/mol. The summed E-state index contributed by atoms with van der Waals surface area (Å²) in [4.78, 5) is 0.252. The second-order valence-electron chi connectivity index (χ2n) is 8.56. The quantitative estimate of drug-likeness (QED) is 0.397. The predicted molar refractivity (Wildman–Crippen MR) is 142 cm³/mol. The van der Waals surface area contributed by atoms with E-state index < -0.39 is 26.1 Å². The van der Waals surface area contributed by atoms with Crippen LogP contribution in [0.25, 0.3) is 0 Å². The first kappa shape index (κ1) is 26.5. The third-order valence-electron chi connectivity index (χ3n) is 6.42. The molecule has 4 rings (SSSR count). The van der Waals surface area contributed by atoms with Crippen LogP contribution < -0.4 is 9.04 Å². The highest BCUT2D eigenvalue weighted by Crippen LogP contribution is 2.35. The Labute approximate surface area is 218 Å². The van der Waals surface area contributed by atoms with Crippen molar-refractivity contribution < 1.29 is 21.6 Å². The molecule has 192 valence electrons. The molecule has 0 atom stereocenters. The largest absolute Gasteiger partial charge is 0.497 e. The predicted octanol–water partition coefficient (Wildman–Crippen LogP) is 4.96. The van der Waals surface area contributed by atoms with Crippen LogP contribution in [0, 0.1) is 0 Å². The number of piperidine rings is 1. The second-order valence-corrected chi connectivity index (χ2v) is 12.7. The number of halogens is 1. The molecule has 1 aliphatic rings. The Morgan fingerprint density at radius 2 is 1.53 bits per heavy atom. The van der Waals surface area contributed by atoms with Crippen LogP contribution in [-0.2, 0) is 26.5 Å². The monoisotopic (exact) mass is 548 g/mol. The third kappa shape index (κ3) is 5.25. The fourth-order valence-corrected chi connectivity index (χ4v) is 8.08. The molecule has 0 bridgehead atoms. The molecule has 0 amide bonds. The summed E-state index contributed by atoms with van der Waals surface area (Å²) in [6.07, 6.45) is 1.50. The molecule has 7 nitrogen and oxygen atoms in total. The molecule has 1 heterocycles. The van der Waals surface area contributed by atoms with Crippen LogP contribution in [-0.4, -0.2) is 47.4 Å². The van der Waals surface area contributed by atoms with E-state index in [0.29, 0.717) is 24.3 Å². The number of hydrogen-bond donors (Lipinski definition) is 0. The van der Waals surface area contributed by atoms with E-state index in [2.05, 4.69) is 0 Å². The van der Waals surface area contributed by atoms with Gasteiger partial charge in [-0.3, -0.25) is 4.31 Å². The molecule has 0 saturated carbocycles. The Balaban J connectivity index is 1.63. The lowest BCUT2D eigenvalue weighted by atomic mass is 10.1. The van der Waals surface area contributed by atoms with Crippen LogP contribution in [0.3, 0.4) is 0 Å². The van der Waals surface area contributed by atoms with Crippen molar-refractivity contribution in [3.05, 3.63) is 83.4 Å². The molecule has 1 aliphatic heterocycles. The van der Waals surface area contributed by atoms with Crippen molar-refractivity contribution in [3.8, 4) is 5.75 Å². The molecule has 36 heavy (non-hydrogen) atoms. The van der Waals surface area contributed by atoms with Crippen LogP contribution in [0.1, 0.15) is 25.3 Å². The van der Waals surface area contributed by atoms with E-state index in [9.17, 15) is 16.8 Å². The molecular formula is C26H29ClN2O5S2. The van der Waals surface area contributed by atoms with Crippen molar-refractivity contribution in [3.63, 3.8) is 0 Å². The van der Waals surface area contributed by atoms with Crippen molar-refractivity contribution in [1.82, 2.24) is 4.31 Å². The molecule has 0 spiro atoms. The highest BCUT2D eigenvalue weighted by Gasteiger charge is 2.37. The summed E-state index contributed by atoms with van der Waals surface area (Å²) in [6, 6.07) is 19.5. The van der Waals surface area contributed by atoms with Gasteiger partial charge in [-0.25, -0.2) is 16.8 Å². The summed E-state index contributed by atoms with van der Waals surface area (Å²) in [5.74, 6) is 0.601. The summed E-state index contributed by atoms with van der Waals surface area (Å²) in [6.45, 7) is 2.42. The van der Waals surface area contributed by atoms with E-state index in [-0.39, 0.29) is 27.9 Å². The summed E-state index contributed by atoms with van der Waals surface area (Å²) < 4.78 is 62.2. The minimum atomic E-state index is -4.02. The summed E-state index contributed by atoms with van der Waals surface area (Å²) in [7, 11) is -6.16. The highest BCUT2D eigenvalue weighted by atomic mass is 35.5. The van der Waals surface area contributed by atoms with Crippen molar-refractivity contribution in [2.24, 2.45) is 0 Å². The number of methoxy groups -OCH3 is 1. The lowest BCUT2D eigenvalue weighted by molar-refractivity contribution is 0.320. The molecule has 3 aromatic carbocycles. The molecule has 3 aromatic rings. The van der Waals surface area contributed by atoms with Gasteiger partial charge < -0.3 is 4.74 Å². The van der Waals surface area contributed by atoms with Gasteiger partial charge in [-0.1, -0.05) is 42.8 Å². The number of rotatable bonds is 8. The SMILES string of the molecule is CCc1ccc(S(=O)(=O)N2CCC(N(c3ccc(OC)cc3)S(=O)(=O)c3ccccc3Cl)CC2)cc1. The number of benzene rings is 3. The number of sulfonamides is 2. The summed E-state index contributed by atoms with van der Waals surface area (Å²) in [5, 5.41) is 0.131. The van der Waals surface area contributed by atoms with E-state index in [1.165, 1.54) is 14.7 Å². The minimum absolute atomic E-state index is 0.00792. The first-order valence-corrected chi connectivity index (χ1v) is 15.0. The fraction of sp³-hybridized carbons (Fsp3) is 0.308. The van der Waals surface area contributed by atoms with Gasteiger partial charge in [0, 0.05) is 19.1 Å². The Kier molecular flexibility index (Phi) is 7.94. The van der Waals surface area contributed by atoms with E-state index >= 15 is 0 Å². The molecule has 10 heteroatoms. The first-order valence-electron chi connectivity index (χ1n) is 11.7. The standard InChI is InChI=1S/C26H29ClN2O5S2/c1-3-20-8-14-24(15-9-20)35(30,31)28-18-16-22(17-19-28)29(21-10-12-23(34-2)13-11-21)36(32,33)26-7-5-4-6-25(26)27/h4-15,22H,3,16-19H2,1-2H3. The van der Waals surface area contributed by atoms with Crippen LogP contribution in [0.4, 0.5) is 5.69 Å². The van der Waals surface area contributed by atoms with Gasteiger partial charge in [0.05, 0.1) is 22.7 Å². The number of hydrogen-bond acceptors (Lipinski definition) is 5. The maximum absolute atomic E-state index is 13.8. The molecule has 1 saturated heterocycles. The zero-order valence-corrected chi connectivity index (χ0v) is 22.6. The Morgan fingerprint density at radius 1 is 0.917 bits per heavy atom. The first-order chi connectivity index (χ1) is 17.2. The smallest absolute Gasteiger partial charge is 0.266 e. The summed E-state index contributed by atoms with van der Waals surface area (Å²) in [5.41, 5.74) is 1.53. The molecule has 0 radical (unpaired) electrons. The molecule has 0 unspecified atom stereocenters. The second kappa shape index (κ2) is 10.8. The molecular weight excluding hydrogens is 520 g/mol. The van der Waals surface area contributed by atoms with Gasteiger partial charge in [0.1, 0.15) is 10.6 Å². The minimum Gasteiger partial charge on any atom is -0.497 e. The lowest BCUT2D eigenvalue weighted by Crippen LogP contribution is -2.49. The van der Waals surface area contributed by atoms with Gasteiger partial charge >= 0.3 is 0 Å². The third-order valence-corrected chi connectivity index (χ3v) is 10.7. The Hall–Kier alpha value is -2.59. The average Bonchev–Trinajstić information content (AvgIpc) is 2.89. The summed E-state index contributed by atoms with van der Waals surface area (Å²) >= 11 is 6.29. The van der Waals surface area contributed by atoms with Gasteiger partial charge in [-0.15, -0.1) is 0 Å². The number of ether oxygens (including phenoxy) is 1. The van der Waals surface area contributed by atoms with Gasteiger partial charge in [0.25, 0.3) is 10.0 Å². The molecule has 0 aliphatic carbocycles. The van der Waals surface area contributed by atoms with Crippen LogP contribution in [0.15, 0.2) is 82.6 Å². The maximum atomic E-state index is 13.8. The topological polar surface area (TPSA) is 84.0 Å². The molecule has 1 fully saturated rings. The van der Waals surface area contributed by atoms with Crippen molar-refractivity contribution in [2.75, 3.05) is 24.5 Å². The van der Waals surface area contributed by atoms with E-state index in [1.807, 2.05) is 19.1 Å². The van der Waals surface area contributed by atoms with E-state index in [4.69, 9.17) is 16.3 Å². The lowest BCUT2D eigenvalue weighted by Gasteiger charge is -2.38. The van der Waals surface area contributed by atoms with Gasteiger partial charge in [0.2, 0.25) is 10.0 Å². The Morgan fingerprint density at radius 3 is 2.08 bits per heavy atom. The highest BCUT2D eigenvalue weighted by molar-refractivity contribution is 7.93. The number of anilines is 1. The number of aryl methyl sites for hydroxylation is 1. The van der Waals surface area contributed by atoms with Crippen LogP contribution in [0.2, 0.25) is 5.02 Å². The zero-order valence-electron chi connectivity index (χ0n) is 20.2. The van der Waals surface area contributed by atoms with Gasteiger partial charge in [-0.05, 0) is 73.4 Å². The zero-order chi connectivity index (χ0) is 25.9. The maximum Gasteiger partial charge on any atom is 0.266 e.